The lowest BCUT2D eigenvalue weighted by atomic mass is 9.89. The number of fused-ring (bicyclic) bond motifs is 1. The first-order valence-corrected chi connectivity index (χ1v) is 9.62. The van der Waals surface area contributed by atoms with Crippen LogP contribution in [0.4, 0.5) is 5.69 Å². The van der Waals surface area contributed by atoms with Gasteiger partial charge in [0, 0.05) is 22.6 Å². The van der Waals surface area contributed by atoms with Gasteiger partial charge in [0.15, 0.2) is 0 Å². The minimum Gasteiger partial charge on any atom is -0.496 e. The van der Waals surface area contributed by atoms with E-state index >= 15 is 0 Å². The van der Waals surface area contributed by atoms with E-state index in [2.05, 4.69) is 43.4 Å². The summed E-state index contributed by atoms with van der Waals surface area (Å²) < 4.78 is 5.50. The second kappa shape index (κ2) is 7.46. The number of thioether (sulfide) groups is 1. The highest BCUT2D eigenvalue weighted by Gasteiger charge is 2.24. The van der Waals surface area contributed by atoms with Crippen LogP contribution in [0, 0.1) is 0 Å². The number of para-hydroxylation sites is 1. The summed E-state index contributed by atoms with van der Waals surface area (Å²) in [4.78, 5) is 10.9. The normalized spacial score (nSPS) is 14.8. The number of carboxylic acid groups (broad SMARTS) is 1. The minimum absolute atomic E-state index is 0.104. The molecule has 0 radical (unpaired) electrons. The van der Waals surface area contributed by atoms with Crippen molar-refractivity contribution < 1.29 is 14.6 Å². The summed E-state index contributed by atoms with van der Waals surface area (Å²) in [7, 11) is 1.68. The predicted molar refractivity (Wildman–Crippen MR) is 109 cm³/mol. The fraction of sp³-hybridized carbons (Fsp3) is 0.286. The summed E-state index contributed by atoms with van der Waals surface area (Å²) in [5, 5.41) is 12.5. The van der Waals surface area contributed by atoms with Crippen molar-refractivity contribution in [3.05, 3.63) is 54.1 Å². The lowest BCUT2D eigenvalue weighted by molar-refractivity contribution is -0.133. The summed E-state index contributed by atoms with van der Waals surface area (Å²) in [6, 6.07) is 14.3. The highest BCUT2D eigenvalue weighted by atomic mass is 32.2. The van der Waals surface area contributed by atoms with Crippen molar-refractivity contribution >= 4 is 29.0 Å². The number of nitrogens with one attached hydrogen (secondary N) is 1. The molecular formula is C21H23NO3S. The lowest BCUT2D eigenvalue weighted by Gasteiger charge is -2.32. The summed E-state index contributed by atoms with van der Waals surface area (Å²) >= 11 is 1.42. The maximum absolute atomic E-state index is 10.9. The molecule has 0 saturated heterocycles. The number of hydrogen-bond acceptors (Lipinski definition) is 4. The Balaban J connectivity index is 1.99. The van der Waals surface area contributed by atoms with E-state index in [1.165, 1.54) is 11.8 Å². The molecule has 2 aromatic rings. The van der Waals surface area contributed by atoms with Gasteiger partial charge < -0.3 is 15.2 Å². The van der Waals surface area contributed by atoms with Crippen LogP contribution < -0.4 is 10.1 Å². The van der Waals surface area contributed by atoms with Crippen molar-refractivity contribution in [1.29, 1.82) is 0 Å². The maximum atomic E-state index is 10.9. The van der Waals surface area contributed by atoms with Crippen molar-refractivity contribution in [3.8, 4) is 16.9 Å². The molecule has 1 aliphatic rings. The number of aliphatic carboxylic acids is 1. The van der Waals surface area contributed by atoms with Crippen LogP contribution in [-0.2, 0) is 4.79 Å². The molecule has 0 fully saturated rings. The van der Waals surface area contributed by atoms with Gasteiger partial charge in [-0.1, -0.05) is 30.3 Å². The lowest BCUT2D eigenvalue weighted by Crippen LogP contribution is -2.32. The van der Waals surface area contributed by atoms with E-state index in [0.717, 1.165) is 33.7 Å². The molecule has 136 valence electrons. The first-order valence-electron chi connectivity index (χ1n) is 8.47. The van der Waals surface area contributed by atoms with Gasteiger partial charge in [0.1, 0.15) is 5.75 Å². The first kappa shape index (κ1) is 18.4. The Morgan fingerprint density at radius 3 is 2.69 bits per heavy atom. The van der Waals surface area contributed by atoms with Crippen molar-refractivity contribution in [2.24, 2.45) is 0 Å². The first-order chi connectivity index (χ1) is 12.4. The van der Waals surface area contributed by atoms with E-state index in [1.807, 2.05) is 24.3 Å². The number of hydrogen-bond donors (Lipinski definition) is 2. The Bertz CT molecular complexity index is 858. The second-order valence-electron chi connectivity index (χ2n) is 6.86. The Kier molecular flexibility index (Phi) is 5.28. The van der Waals surface area contributed by atoms with Crippen LogP contribution in [0.3, 0.4) is 0 Å². The Hall–Kier alpha value is -2.40. The third-order valence-corrected chi connectivity index (χ3v) is 5.22. The van der Waals surface area contributed by atoms with Crippen molar-refractivity contribution in [2.45, 2.75) is 19.4 Å². The summed E-state index contributed by atoms with van der Waals surface area (Å²) in [5.41, 5.74) is 5.30. The topological polar surface area (TPSA) is 58.6 Å². The van der Waals surface area contributed by atoms with Crippen LogP contribution in [0.25, 0.3) is 16.7 Å². The molecule has 0 saturated carbocycles. The highest BCUT2D eigenvalue weighted by Crippen LogP contribution is 2.39. The van der Waals surface area contributed by atoms with E-state index in [1.54, 1.807) is 7.11 Å². The third-order valence-electron chi connectivity index (χ3n) is 4.26. The highest BCUT2D eigenvalue weighted by molar-refractivity contribution is 8.00. The molecule has 3 rings (SSSR count). The molecule has 1 aliphatic heterocycles. The third kappa shape index (κ3) is 4.05. The van der Waals surface area contributed by atoms with Gasteiger partial charge in [0.05, 0.1) is 18.4 Å². The molecule has 2 N–H and O–H groups in total. The van der Waals surface area contributed by atoms with Crippen LogP contribution in [0.1, 0.15) is 19.4 Å². The van der Waals surface area contributed by atoms with Crippen LogP contribution in [0.15, 0.2) is 48.5 Å². The number of rotatable bonds is 6. The standard InChI is InChI=1S/C21H23NO3S/c1-21(2)11-15(12-26-13-20(23)24)17-10-14(8-9-18(17)22-21)16-6-4-5-7-19(16)25-3/h4-11,22H,12-13H2,1-3H3,(H,23,24). The zero-order valence-corrected chi connectivity index (χ0v) is 16.0. The van der Waals surface area contributed by atoms with E-state index in [4.69, 9.17) is 9.84 Å². The predicted octanol–water partition coefficient (Wildman–Crippen LogP) is 4.77. The zero-order valence-electron chi connectivity index (χ0n) is 15.2. The molecule has 4 nitrogen and oxygen atoms in total. The van der Waals surface area contributed by atoms with Gasteiger partial charge in [-0.3, -0.25) is 4.79 Å². The zero-order chi connectivity index (χ0) is 18.7. The molecule has 5 heteroatoms. The number of anilines is 1. The Morgan fingerprint density at radius 2 is 1.96 bits per heavy atom. The molecule has 1 heterocycles. The SMILES string of the molecule is COc1ccccc1-c1ccc2c(c1)C(CSCC(=O)O)=CC(C)(C)N2. The molecule has 0 atom stereocenters. The van der Waals surface area contributed by atoms with Gasteiger partial charge in [-0.15, -0.1) is 11.8 Å². The summed E-state index contributed by atoms with van der Waals surface area (Å²) in [6.07, 6.45) is 2.19. The molecule has 0 unspecified atom stereocenters. The van der Waals surface area contributed by atoms with Gasteiger partial charge in [0.25, 0.3) is 0 Å². The number of carbonyl (C=O) groups is 1. The molecule has 0 amide bonds. The van der Waals surface area contributed by atoms with Gasteiger partial charge >= 0.3 is 5.97 Å². The molecule has 0 aromatic heterocycles. The second-order valence-corrected chi connectivity index (χ2v) is 7.85. The van der Waals surface area contributed by atoms with Crippen LogP contribution in [-0.4, -0.2) is 35.2 Å². The molecular weight excluding hydrogens is 346 g/mol. The number of ether oxygens (including phenoxy) is 1. The number of carboxylic acids is 1. The molecule has 2 aromatic carbocycles. The van der Waals surface area contributed by atoms with E-state index in [-0.39, 0.29) is 11.3 Å². The average molecular weight is 369 g/mol. The Morgan fingerprint density at radius 1 is 1.19 bits per heavy atom. The minimum atomic E-state index is -0.785. The molecule has 0 bridgehead atoms. The quantitative estimate of drug-likeness (QED) is 0.768. The number of benzene rings is 2. The van der Waals surface area contributed by atoms with Crippen molar-refractivity contribution in [3.63, 3.8) is 0 Å². The maximum Gasteiger partial charge on any atom is 0.313 e. The number of methoxy groups -OCH3 is 1. The van der Waals surface area contributed by atoms with E-state index in [0.29, 0.717) is 5.75 Å². The smallest absolute Gasteiger partial charge is 0.313 e. The monoisotopic (exact) mass is 369 g/mol. The fourth-order valence-corrected chi connectivity index (χ4v) is 3.97. The van der Waals surface area contributed by atoms with Crippen LogP contribution >= 0.6 is 11.8 Å². The average Bonchev–Trinajstić information content (AvgIpc) is 2.60. The van der Waals surface area contributed by atoms with Crippen molar-refractivity contribution in [2.75, 3.05) is 23.9 Å². The Labute approximate surface area is 158 Å². The fourth-order valence-electron chi connectivity index (χ4n) is 3.23. The van der Waals surface area contributed by atoms with Crippen LogP contribution in [0.5, 0.6) is 5.75 Å². The molecule has 0 aliphatic carbocycles. The van der Waals surface area contributed by atoms with Gasteiger partial charge in [-0.2, -0.15) is 0 Å². The molecule has 26 heavy (non-hydrogen) atoms. The summed E-state index contributed by atoms with van der Waals surface area (Å²) in [6.45, 7) is 4.23. The van der Waals surface area contributed by atoms with Crippen LogP contribution in [0.2, 0.25) is 0 Å². The largest absolute Gasteiger partial charge is 0.496 e. The van der Waals surface area contributed by atoms with Gasteiger partial charge in [-0.05, 0) is 43.2 Å². The van der Waals surface area contributed by atoms with Crippen molar-refractivity contribution in [1.82, 2.24) is 0 Å². The van der Waals surface area contributed by atoms with Gasteiger partial charge in [-0.25, -0.2) is 0 Å². The van der Waals surface area contributed by atoms with E-state index in [9.17, 15) is 4.79 Å². The molecule has 0 spiro atoms. The van der Waals surface area contributed by atoms with Gasteiger partial charge in [0.2, 0.25) is 0 Å². The van der Waals surface area contributed by atoms with E-state index < -0.39 is 5.97 Å². The summed E-state index contributed by atoms with van der Waals surface area (Å²) in [5.74, 6) is 0.820.